The van der Waals surface area contributed by atoms with Gasteiger partial charge in [-0.3, -0.25) is 9.69 Å². The number of hydrogen-bond acceptors (Lipinski definition) is 5. The molecule has 1 aromatic rings. The van der Waals surface area contributed by atoms with Crippen LogP contribution in [0, 0.1) is 19.8 Å². The Morgan fingerprint density at radius 1 is 1.53 bits per heavy atom. The van der Waals surface area contributed by atoms with Crippen molar-refractivity contribution in [2.75, 3.05) is 19.8 Å². The van der Waals surface area contributed by atoms with Crippen LogP contribution in [0.25, 0.3) is 0 Å². The number of aryl methyl sites for hydroxylation is 2. The van der Waals surface area contributed by atoms with Gasteiger partial charge in [-0.1, -0.05) is 6.92 Å². The molecule has 19 heavy (non-hydrogen) atoms. The monoisotopic (exact) mass is 284 g/mol. The minimum absolute atomic E-state index is 0.0377. The van der Waals surface area contributed by atoms with Crippen LogP contribution in [0.4, 0.5) is 0 Å². The van der Waals surface area contributed by atoms with Crippen LogP contribution in [0.3, 0.4) is 0 Å². The first-order valence-electron chi connectivity index (χ1n) is 6.50. The molecule has 5 nitrogen and oxygen atoms in total. The minimum atomic E-state index is -0.766. The van der Waals surface area contributed by atoms with Gasteiger partial charge in [-0.15, -0.1) is 11.3 Å². The molecule has 0 aliphatic carbocycles. The molecule has 106 valence electrons. The Hall–Kier alpha value is -0.980. The van der Waals surface area contributed by atoms with Gasteiger partial charge in [0.15, 0.2) is 0 Å². The Kier molecular flexibility index (Phi) is 4.54. The number of carbonyl (C=O) groups is 1. The maximum Gasteiger partial charge on any atom is 0.310 e. The van der Waals surface area contributed by atoms with Crippen molar-refractivity contribution >= 4 is 17.3 Å². The highest BCUT2D eigenvalue weighted by molar-refractivity contribution is 7.11. The number of aliphatic carboxylic acids is 1. The summed E-state index contributed by atoms with van der Waals surface area (Å²) in [4.78, 5) is 19.1. The fourth-order valence-corrected chi connectivity index (χ4v) is 3.47. The molecule has 0 spiro atoms. The third-order valence-corrected chi connectivity index (χ3v) is 4.65. The molecule has 1 fully saturated rings. The second-order valence-electron chi connectivity index (χ2n) is 4.85. The molecular weight excluding hydrogens is 264 g/mol. The first kappa shape index (κ1) is 14.4. The second-order valence-corrected chi connectivity index (χ2v) is 6.14. The molecule has 0 radical (unpaired) electrons. The number of rotatable bonds is 5. The van der Waals surface area contributed by atoms with Crippen molar-refractivity contribution in [3.63, 3.8) is 0 Å². The van der Waals surface area contributed by atoms with E-state index in [0.29, 0.717) is 13.2 Å². The maximum atomic E-state index is 11.2. The normalized spacial score (nSPS) is 23.2. The smallest absolute Gasteiger partial charge is 0.310 e. The first-order valence-corrected chi connectivity index (χ1v) is 7.32. The molecule has 1 N–H and O–H groups in total. The number of likely N-dealkylation sites (N-methyl/N-ethyl adjacent to an activating group) is 1. The van der Waals surface area contributed by atoms with Crippen LogP contribution in [0.2, 0.25) is 0 Å². The van der Waals surface area contributed by atoms with E-state index in [1.165, 1.54) is 4.88 Å². The topological polar surface area (TPSA) is 62.7 Å². The van der Waals surface area contributed by atoms with Gasteiger partial charge in [-0.05, 0) is 20.4 Å². The molecule has 0 aromatic carbocycles. The fourth-order valence-electron chi connectivity index (χ4n) is 2.51. The van der Waals surface area contributed by atoms with Crippen molar-refractivity contribution in [1.82, 2.24) is 9.88 Å². The highest BCUT2D eigenvalue weighted by Gasteiger charge is 2.37. The number of carboxylic acid groups (broad SMARTS) is 1. The first-order chi connectivity index (χ1) is 9.02. The van der Waals surface area contributed by atoms with E-state index in [1.54, 1.807) is 11.3 Å². The largest absolute Gasteiger partial charge is 0.481 e. The Morgan fingerprint density at radius 3 is 2.79 bits per heavy atom. The molecule has 2 heterocycles. The lowest BCUT2D eigenvalue weighted by atomic mass is 10.0. The summed E-state index contributed by atoms with van der Waals surface area (Å²) < 4.78 is 5.35. The number of nitrogens with zero attached hydrogens (tertiary/aromatic N) is 2. The Morgan fingerprint density at radius 2 is 2.26 bits per heavy atom. The van der Waals surface area contributed by atoms with Gasteiger partial charge >= 0.3 is 5.97 Å². The third kappa shape index (κ3) is 3.13. The molecule has 1 aliphatic heterocycles. The number of ether oxygens (including phenoxy) is 1. The quantitative estimate of drug-likeness (QED) is 0.891. The van der Waals surface area contributed by atoms with Crippen molar-refractivity contribution in [2.24, 2.45) is 5.92 Å². The molecule has 0 saturated carbocycles. The van der Waals surface area contributed by atoms with Crippen molar-refractivity contribution in [3.05, 3.63) is 15.6 Å². The summed E-state index contributed by atoms with van der Waals surface area (Å²) in [6.07, 6.45) is 0. The van der Waals surface area contributed by atoms with E-state index in [1.807, 2.05) is 13.8 Å². The van der Waals surface area contributed by atoms with Crippen molar-refractivity contribution in [3.8, 4) is 0 Å². The van der Waals surface area contributed by atoms with E-state index in [4.69, 9.17) is 4.74 Å². The van der Waals surface area contributed by atoms with Crippen LogP contribution < -0.4 is 0 Å². The summed E-state index contributed by atoms with van der Waals surface area (Å²) in [5, 5.41) is 10.3. The second kappa shape index (κ2) is 5.98. The van der Waals surface area contributed by atoms with Gasteiger partial charge in [0, 0.05) is 17.5 Å². The van der Waals surface area contributed by atoms with Crippen molar-refractivity contribution in [1.29, 1.82) is 0 Å². The lowest BCUT2D eigenvalue weighted by Gasteiger charge is -2.28. The minimum Gasteiger partial charge on any atom is -0.481 e. The highest BCUT2D eigenvalue weighted by Crippen LogP contribution is 2.25. The van der Waals surface area contributed by atoms with Crippen LogP contribution in [0.15, 0.2) is 0 Å². The van der Waals surface area contributed by atoms with Crippen LogP contribution in [-0.4, -0.2) is 46.8 Å². The maximum absolute atomic E-state index is 11.2. The van der Waals surface area contributed by atoms with E-state index < -0.39 is 11.9 Å². The Balaban J connectivity index is 2.11. The Labute approximate surface area is 117 Å². The van der Waals surface area contributed by atoms with Crippen LogP contribution in [-0.2, 0) is 16.1 Å². The zero-order chi connectivity index (χ0) is 14.0. The molecule has 2 rings (SSSR count). The third-order valence-electron chi connectivity index (χ3n) is 3.59. The van der Waals surface area contributed by atoms with Crippen LogP contribution in [0.5, 0.6) is 0 Å². The zero-order valence-electron chi connectivity index (χ0n) is 11.5. The summed E-state index contributed by atoms with van der Waals surface area (Å²) in [6.45, 7) is 8.45. The zero-order valence-corrected chi connectivity index (χ0v) is 12.4. The van der Waals surface area contributed by atoms with E-state index in [9.17, 15) is 9.90 Å². The molecule has 2 unspecified atom stereocenters. The summed E-state index contributed by atoms with van der Waals surface area (Å²) in [5.41, 5.74) is 1.05. The lowest BCUT2D eigenvalue weighted by molar-refractivity contribution is -0.143. The van der Waals surface area contributed by atoms with Gasteiger partial charge in [0.05, 0.1) is 29.8 Å². The van der Waals surface area contributed by atoms with Gasteiger partial charge in [-0.25, -0.2) is 4.98 Å². The molecule has 2 atom stereocenters. The predicted molar refractivity (Wildman–Crippen MR) is 73.4 cm³/mol. The summed E-state index contributed by atoms with van der Waals surface area (Å²) in [7, 11) is 0. The van der Waals surface area contributed by atoms with E-state index in [2.05, 4.69) is 16.8 Å². The Bertz CT molecular complexity index is 461. The van der Waals surface area contributed by atoms with Crippen molar-refractivity contribution in [2.45, 2.75) is 33.4 Å². The molecule has 0 bridgehead atoms. The predicted octanol–water partition coefficient (Wildman–Crippen LogP) is 1.68. The fraction of sp³-hybridized carbons (Fsp3) is 0.692. The highest BCUT2D eigenvalue weighted by atomic mass is 32.1. The van der Waals surface area contributed by atoms with E-state index in [-0.39, 0.29) is 6.04 Å². The average Bonchev–Trinajstić information content (AvgIpc) is 2.93. The van der Waals surface area contributed by atoms with Crippen LogP contribution >= 0.6 is 11.3 Å². The lowest BCUT2D eigenvalue weighted by Crippen LogP contribution is -2.42. The number of aromatic nitrogens is 1. The van der Waals surface area contributed by atoms with Gasteiger partial charge in [0.25, 0.3) is 0 Å². The number of hydrogen-bond donors (Lipinski definition) is 1. The SMILES string of the molecule is CCN(Cc1sc(C)nc1C)C1COCC1C(=O)O. The van der Waals surface area contributed by atoms with Gasteiger partial charge in [0.2, 0.25) is 0 Å². The van der Waals surface area contributed by atoms with Crippen molar-refractivity contribution < 1.29 is 14.6 Å². The molecule has 1 aliphatic rings. The number of carboxylic acids is 1. The molecule has 1 aromatic heterocycles. The van der Waals surface area contributed by atoms with Crippen LogP contribution in [0.1, 0.15) is 22.5 Å². The summed E-state index contributed by atoms with van der Waals surface area (Å²) in [6, 6.07) is -0.0377. The molecule has 0 amide bonds. The van der Waals surface area contributed by atoms with E-state index in [0.717, 1.165) is 23.8 Å². The number of thiazole rings is 1. The van der Waals surface area contributed by atoms with Gasteiger partial charge < -0.3 is 9.84 Å². The molecule has 6 heteroatoms. The standard InChI is InChI=1S/C13H20N2O3S/c1-4-15(5-12-8(2)14-9(3)19-12)11-7-18-6-10(11)13(16)17/h10-11H,4-7H2,1-3H3,(H,16,17). The van der Waals surface area contributed by atoms with Gasteiger partial charge in [-0.2, -0.15) is 0 Å². The van der Waals surface area contributed by atoms with E-state index >= 15 is 0 Å². The molecule has 1 saturated heterocycles. The average molecular weight is 284 g/mol. The molecular formula is C13H20N2O3S. The summed E-state index contributed by atoms with van der Waals surface area (Å²) >= 11 is 1.69. The summed E-state index contributed by atoms with van der Waals surface area (Å²) in [5.74, 6) is -1.19. The van der Waals surface area contributed by atoms with Gasteiger partial charge in [0.1, 0.15) is 0 Å².